The summed E-state index contributed by atoms with van der Waals surface area (Å²) in [5.74, 6) is 0. The molecule has 0 spiro atoms. The molecule has 0 atom stereocenters. The van der Waals surface area contributed by atoms with Gasteiger partial charge < -0.3 is 15.4 Å². The summed E-state index contributed by atoms with van der Waals surface area (Å²) >= 11 is 0. The molecule has 0 fully saturated rings. The summed E-state index contributed by atoms with van der Waals surface area (Å²) in [4.78, 5) is 2.36. The summed E-state index contributed by atoms with van der Waals surface area (Å²) in [5, 5.41) is 0. The highest BCUT2D eigenvalue weighted by atomic mass is 16.5. The van der Waals surface area contributed by atoms with Gasteiger partial charge in [-0.3, -0.25) is 0 Å². The predicted octanol–water partition coefficient (Wildman–Crippen LogP) is 1.15. The van der Waals surface area contributed by atoms with E-state index in [1.54, 1.807) is 7.11 Å². The quantitative estimate of drug-likeness (QED) is 0.803. The zero-order valence-corrected chi connectivity index (χ0v) is 9.20. The van der Waals surface area contributed by atoms with E-state index in [2.05, 4.69) is 23.1 Å². The molecule has 82 valence electrons. The molecule has 1 aromatic carbocycles. The number of benzene rings is 1. The molecule has 0 aromatic heterocycles. The molecule has 0 bridgehead atoms. The number of methoxy groups -OCH3 is 1. The van der Waals surface area contributed by atoms with Crippen LogP contribution in [0.5, 0.6) is 0 Å². The SMILES string of the molecule is COCc1cccc2c1CCN2CCN. The average Bonchev–Trinajstić information content (AvgIpc) is 2.64. The minimum absolute atomic E-state index is 0.708. The normalized spacial score (nSPS) is 14.4. The molecule has 0 unspecified atom stereocenters. The third-order valence-electron chi connectivity index (χ3n) is 2.92. The minimum Gasteiger partial charge on any atom is -0.380 e. The van der Waals surface area contributed by atoms with Gasteiger partial charge in [-0.2, -0.15) is 0 Å². The van der Waals surface area contributed by atoms with Gasteiger partial charge in [0.2, 0.25) is 0 Å². The first-order chi connectivity index (χ1) is 7.36. The Bertz CT molecular complexity index is 338. The molecule has 2 rings (SSSR count). The number of hydrogen-bond donors (Lipinski definition) is 1. The molecule has 2 N–H and O–H groups in total. The standard InChI is InChI=1S/C12H18N2O/c1-15-9-10-3-2-4-12-11(10)5-7-14(12)8-6-13/h2-4H,5-9,13H2,1H3. The first-order valence-corrected chi connectivity index (χ1v) is 5.41. The molecular formula is C12H18N2O. The van der Waals surface area contributed by atoms with Crippen molar-refractivity contribution in [3.05, 3.63) is 29.3 Å². The summed E-state index contributed by atoms with van der Waals surface area (Å²) in [6, 6.07) is 6.42. The van der Waals surface area contributed by atoms with Crippen molar-refractivity contribution in [3.8, 4) is 0 Å². The molecule has 1 heterocycles. The van der Waals surface area contributed by atoms with Crippen molar-refractivity contribution in [2.45, 2.75) is 13.0 Å². The van der Waals surface area contributed by atoms with Gasteiger partial charge in [0.15, 0.2) is 0 Å². The van der Waals surface area contributed by atoms with Gasteiger partial charge in [-0.1, -0.05) is 12.1 Å². The van der Waals surface area contributed by atoms with Crippen molar-refractivity contribution >= 4 is 5.69 Å². The smallest absolute Gasteiger partial charge is 0.0716 e. The number of anilines is 1. The summed E-state index contributed by atoms with van der Waals surface area (Å²) in [6.45, 7) is 3.46. The van der Waals surface area contributed by atoms with Crippen molar-refractivity contribution < 1.29 is 4.74 Å². The van der Waals surface area contributed by atoms with E-state index in [4.69, 9.17) is 10.5 Å². The zero-order chi connectivity index (χ0) is 10.7. The Morgan fingerprint density at radius 2 is 2.33 bits per heavy atom. The van der Waals surface area contributed by atoms with Crippen LogP contribution in [0.3, 0.4) is 0 Å². The second-order valence-electron chi connectivity index (χ2n) is 3.87. The van der Waals surface area contributed by atoms with Crippen LogP contribution in [0, 0.1) is 0 Å². The predicted molar refractivity (Wildman–Crippen MR) is 62.1 cm³/mol. The highest BCUT2D eigenvalue weighted by molar-refractivity contribution is 5.60. The number of nitrogens with zero attached hydrogens (tertiary/aromatic N) is 1. The fourth-order valence-electron chi connectivity index (χ4n) is 2.25. The fourth-order valence-corrected chi connectivity index (χ4v) is 2.25. The van der Waals surface area contributed by atoms with E-state index in [0.717, 1.165) is 19.5 Å². The molecule has 1 aliphatic heterocycles. The molecule has 0 radical (unpaired) electrons. The summed E-state index contributed by atoms with van der Waals surface area (Å²) in [7, 11) is 1.74. The lowest BCUT2D eigenvalue weighted by Gasteiger charge is -2.18. The lowest BCUT2D eigenvalue weighted by atomic mass is 10.1. The Balaban J connectivity index is 2.26. The second kappa shape index (κ2) is 4.64. The van der Waals surface area contributed by atoms with Crippen molar-refractivity contribution in [3.63, 3.8) is 0 Å². The number of fused-ring (bicyclic) bond motifs is 1. The van der Waals surface area contributed by atoms with Gasteiger partial charge in [-0.05, 0) is 23.6 Å². The van der Waals surface area contributed by atoms with E-state index in [9.17, 15) is 0 Å². The van der Waals surface area contributed by atoms with Crippen LogP contribution < -0.4 is 10.6 Å². The molecule has 0 saturated carbocycles. The Labute approximate surface area is 90.8 Å². The van der Waals surface area contributed by atoms with Crippen LogP contribution in [0.1, 0.15) is 11.1 Å². The molecule has 1 aromatic rings. The lowest BCUT2D eigenvalue weighted by molar-refractivity contribution is 0.184. The number of hydrogen-bond acceptors (Lipinski definition) is 3. The third-order valence-corrected chi connectivity index (χ3v) is 2.92. The zero-order valence-electron chi connectivity index (χ0n) is 9.20. The highest BCUT2D eigenvalue weighted by Crippen LogP contribution is 2.30. The number of ether oxygens (including phenoxy) is 1. The first kappa shape index (κ1) is 10.5. The maximum atomic E-state index is 5.60. The topological polar surface area (TPSA) is 38.5 Å². The fraction of sp³-hybridized carbons (Fsp3) is 0.500. The van der Waals surface area contributed by atoms with Gasteiger partial charge in [-0.25, -0.2) is 0 Å². The highest BCUT2D eigenvalue weighted by Gasteiger charge is 2.20. The maximum absolute atomic E-state index is 5.60. The Hall–Kier alpha value is -1.06. The number of rotatable bonds is 4. The minimum atomic E-state index is 0.708. The molecule has 0 saturated heterocycles. The van der Waals surface area contributed by atoms with Crippen LogP contribution in [-0.2, 0) is 17.8 Å². The lowest BCUT2D eigenvalue weighted by Crippen LogP contribution is -2.27. The Kier molecular flexibility index (Phi) is 3.23. The summed E-state index contributed by atoms with van der Waals surface area (Å²) < 4.78 is 5.21. The van der Waals surface area contributed by atoms with E-state index in [1.165, 1.54) is 16.8 Å². The van der Waals surface area contributed by atoms with E-state index in [0.29, 0.717) is 13.2 Å². The van der Waals surface area contributed by atoms with Gasteiger partial charge >= 0.3 is 0 Å². The van der Waals surface area contributed by atoms with Crippen LogP contribution in [-0.4, -0.2) is 26.7 Å². The Morgan fingerprint density at radius 3 is 3.07 bits per heavy atom. The first-order valence-electron chi connectivity index (χ1n) is 5.41. The Morgan fingerprint density at radius 1 is 1.47 bits per heavy atom. The maximum Gasteiger partial charge on any atom is 0.0716 e. The second-order valence-corrected chi connectivity index (χ2v) is 3.87. The molecule has 0 amide bonds. The van der Waals surface area contributed by atoms with Crippen LogP contribution in [0.15, 0.2) is 18.2 Å². The molecule has 3 heteroatoms. The van der Waals surface area contributed by atoms with Crippen LogP contribution in [0.4, 0.5) is 5.69 Å². The van der Waals surface area contributed by atoms with Crippen molar-refractivity contribution in [1.82, 2.24) is 0 Å². The number of nitrogens with two attached hydrogens (primary N) is 1. The van der Waals surface area contributed by atoms with Gasteiger partial charge in [0.05, 0.1) is 6.61 Å². The molecule has 0 aliphatic carbocycles. The van der Waals surface area contributed by atoms with Gasteiger partial charge in [-0.15, -0.1) is 0 Å². The van der Waals surface area contributed by atoms with E-state index >= 15 is 0 Å². The van der Waals surface area contributed by atoms with Gasteiger partial charge in [0, 0.05) is 32.4 Å². The molecular weight excluding hydrogens is 188 g/mol. The van der Waals surface area contributed by atoms with Crippen LogP contribution in [0.25, 0.3) is 0 Å². The van der Waals surface area contributed by atoms with Crippen LogP contribution in [0.2, 0.25) is 0 Å². The average molecular weight is 206 g/mol. The largest absolute Gasteiger partial charge is 0.380 e. The van der Waals surface area contributed by atoms with Crippen molar-refractivity contribution in [1.29, 1.82) is 0 Å². The third kappa shape index (κ3) is 1.98. The van der Waals surface area contributed by atoms with Crippen molar-refractivity contribution in [2.24, 2.45) is 5.73 Å². The van der Waals surface area contributed by atoms with E-state index in [-0.39, 0.29) is 0 Å². The van der Waals surface area contributed by atoms with Gasteiger partial charge in [0.1, 0.15) is 0 Å². The summed E-state index contributed by atoms with van der Waals surface area (Å²) in [5.41, 5.74) is 9.69. The van der Waals surface area contributed by atoms with E-state index in [1.807, 2.05) is 0 Å². The summed E-state index contributed by atoms with van der Waals surface area (Å²) in [6.07, 6.45) is 1.12. The van der Waals surface area contributed by atoms with Crippen LogP contribution >= 0.6 is 0 Å². The van der Waals surface area contributed by atoms with E-state index < -0.39 is 0 Å². The molecule has 1 aliphatic rings. The van der Waals surface area contributed by atoms with Gasteiger partial charge in [0.25, 0.3) is 0 Å². The monoisotopic (exact) mass is 206 g/mol. The van der Waals surface area contributed by atoms with Crippen molar-refractivity contribution in [2.75, 3.05) is 31.6 Å². The molecule has 3 nitrogen and oxygen atoms in total. The molecule has 15 heavy (non-hydrogen) atoms.